The van der Waals surface area contributed by atoms with Gasteiger partial charge in [0.1, 0.15) is 0 Å². The van der Waals surface area contributed by atoms with E-state index in [2.05, 4.69) is 37.7 Å². The highest BCUT2D eigenvalue weighted by Gasteiger charge is 2.13. The van der Waals surface area contributed by atoms with Crippen molar-refractivity contribution >= 4 is 38.4 Å². The molecule has 1 aromatic carbocycles. The number of thiophene rings is 1. The van der Waals surface area contributed by atoms with Crippen LogP contribution in [0.25, 0.3) is 32.4 Å². The SMILES string of the molecule is Nc1nc(-c2cccc3ccsc23)c2cn[nH]c2n1. The van der Waals surface area contributed by atoms with Crippen LogP contribution < -0.4 is 5.73 Å². The van der Waals surface area contributed by atoms with Crippen molar-refractivity contribution in [1.29, 1.82) is 0 Å². The summed E-state index contributed by atoms with van der Waals surface area (Å²) in [4.78, 5) is 8.53. The molecule has 0 unspecified atom stereocenters. The molecule has 0 aliphatic heterocycles. The molecule has 0 atom stereocenters. The minimum absolute atomic E-state index is 0.250. The minimum Gasteiger partial charge on any atom is -0.368 e. The van der Waals surface area contributed by atoms with E-state index in [0.717, 1.165) is 16.6 Å². The van der Waals surface area contributed by atoms with Gasteiger partial charge in [0.15, 0.2) is 5.65 Å². The molecule has 0 fully saturated rings. The van der Waals surface area contributed by atoms with Gasteiger partial charge in [-0.05, 0) is 16.8 Å². The summed E-state index contributed by atoms with van der Waals surface area (Å²) in [5.41, 5.74) is 8.32. The molecule has 6 heteroatoms. The van der Waals surface area contributed by atoms with Crippen LogP contribution in [-0.2, 0) is 0 Å². The Balaban J connectivity index is 2.14. The predicted molar refractivity (Wildman–Crippen MR) is 76.9 cm³/mol. The number of nitrogens with two attached hydrogens (primary N) is 1. The number of aromatic amines is 1. The highest BCUT2D eigenvalue weighted by atomic mass is 32.1. The molecule has 0 saturated heterocycles. The molecule has 4 rings (SSSR count). The standard InChI is InChI=1S/C13H9N5S/c14-13-16-10(9-6-15-18-12(9)17-13)8-3-1-2-7-4-5-19-11(7)8/h1-6H,(H3,14,15,16,17,18). The zero-order valence-corrected chi connectivity index (χ0v) is 10.6. The molecular formula is C13H9N5S. The van der Waals surface area contributed by atoms with Gasteiger partial charge in [0.05, 0.1) is 17.3 Å². The number of rotatable bonds is 1. The van der Waals surface area contributed by atoms with Crippen LogP contribution in [0.2, 0.25) is 0 Å². The van der Waals surface area contributed by atoms with Gasteiger partial charge in [-0.3, -0.25) is 5.10 Å². The second-order valence-electron chi connectivity index (χ2n) is 4.21. The minimum atomic E-state index is 0.250. The molecule has 92 valence electrons. The van der Waals surface area contributed by atoms with Gasteiger partial charge in [-0.15, -0.1) is 11.3 Å². The van der Waals surface area contributed by atoms with Crippen molar-refractivity contribution in [3.63, 3.8) is 0 Å². The van der Waals surface area contributed by atoms with E-state index < -0.39 is 0 Å². The van der Waals surface area contributed by atoms with Crippen molar-refractivity contribution in [1.82, 2.24) is 20.2 Å². The lowest BCUT2D eigenvalue weighted by atomic mass is 10.1. The molecule has 3 heterocycles. The van der Waals surface area contributed by atoms with Crippen LogP contribution in [0.5, 0.6) is 0 Å². The lowest BCUT2D eigenvalue weighted by Gasteiger charge is -2.04. The van der Waals surface area contributed by atoms with E-state index in [-0.39, 0.29) is 5.95 Å². The number of nitrogens with zero attached hydrogens (tertiary/aromatic N) is 3. The molecule has 4 aromatic rings. The van der Waals surface area contributed by atoms with E-state index in [1.807, 2.05) is 12.1 Å². The number of anilines is 1. The maximum absolute atomic E-state index is 5.77. The molecule has 0 spiro atoms. The van der Waals surface area contributed by atoms with Gasteiger partial charge in [0.25, 0.3) is 0 Å². The summed E-state index contributed by atoms with van der Waals surface area (Å²) in [7, 11) is 0. The number of H-pyrrole nitrogens is 1. The molecule has 3 aromatic heterocycles. The summed E-state index contributed by atoms with van der Waals surface area (Å²) < 4.78 is 1.20. The van der Waals surface area contributed by atoms with Crippen LogP contribution in [0.3, 0.4) is 0 Å². The van der Waals surface area contributed by atoms with Crippen molar-refractivity contribution in [2.75, 3.05) is 5.73 Å². The van der Waals surface area contributed by atoms with Gasteiger partial charge < -0.3 is 5.73 Å². The quantitative estimate of drug-likeness (QED) is 0.555. The molecule has 5 nitrogen and oxygen atoms in total. The normalized spacial score (nSPS) is 11.4. The fourth-order valence-electron chi connectivity index (χ4n) is 2.24. The number of fused-ring (bicyclic) bond motifs is 2. The third-order valence-electron chi connectivity index (χ3n) is 3.06. The molecule has 0 aliphatic rings. The molecule has 0 saturated carbocycles. The first-order valence-electron chi connectivity index (χ1n) is 5.76. The first-order chi connectivity index (χ1) is 9.33. The third kappa shape index (κ3) is 1.50. The van der Waals surface area contributed by atoms with Gasteiger partial charge in [-0.2, -0.15) is 10.1 Å². The van der Waals surface area contributed by atoms with E-state index in [1.165, 1.54) is 10.1 Å². The highest BCUT2D eigenvalue weighted by Crippen LogP contribution is 2.34. The summed E-state index contributed by atoms with van der Waals surface area (Å²) in [5, 5.41) is 11.0. The van der Waals surface area contributed by atoms with Gasteiger partial charge in [0.2, 0.25) is 5.95 Å². The van der Waals surface area contributed by atoms with Crippen LogP contribution in [-0.4, -0.2) is 20.2 Å². The Morgan fingerprint density at radius 2 is 2.11 bits per heavy atom. The van der Waals surface area contributed by atoms with Crippen LogP contribution >= 0.6 is 11.3 Å². The van der Waals surface area contributed by atoms with Crippen molar-refractivity contribution < 1.29 is 0 Å². The largest absolute Gasteiger partial charge is 0.368 e. The van der Waals surface area contributed by atoms with Crippen LogP contribution in [0.1, 0.15) is 0 Å². The smallest absolute Gasteiger partial charge is 0.222 e. The Morgan fingerprint density at radius 3 is 3.05 bits per heavy atom. The number of nitrogens with one attached hydrogen (secondary N) is 1. The zero-order valence-electron chi connectivity index (χ0n) is 9.79. The number of nitrogen functional groups attached to an aromatic ring is 1. The van der Waals surface area contributed by atoms with E-state index in [9.17, 15) is 0 Å². The predicted octanol–water partition coefficient (Wildman–Crippen LogP) is 2.82. The van der Waals surface area contributed by atoms with E-state index in [0.29, 0.717) is 5.65 Å². The number of aromatic nitrogens is 4. The van der Waals surface area contributed by atoms with Gasteiger partial charge in [-0.25, -0.2) is 4.98 Å². The van der Waals surface area contributed by atoms with E-state index in [1.54, 1.807) is 17.5 Å². The Kier molecular flexibility index (Phi) is 2.07. The van der Waals surface area contributed by atoms with Gasteiger partial charge >= 0.3 is 0 Å². The van der Waals surface area contributed by atoms with Crippen LogP contribution in [0, 0.1) is 0 Å². The molecule has 0 amide bonds. The second-order valence-corrected chi connectivity index (χ2v) is 5.12. The first kappa shape index (κ1) is 10.5. The molecular weight excluding hydrogens is 258 g/mol. The van der Waals surface area contributed by atoms with Crippen molar-refractivity contribution in [3.8, 4) is 11.3 Å². The summed E-state index contributed by atoms with van der Waals surface area (Å²) in [6.07, 6.45) is 1.73. The monoisotopic (exact) mass is 267 g/mol. The summed E-state index contributed by atoms with van der Waals surface area (Å²) in [5.74, 6) is 0.250. The fraction of sp³-hybridized carbons (Fsp3) is 0. The number of hydrogen-bond donors (Lipinski definition) is 2. The fourth-order valence-corrected chi connectivity index (χ4v) is 3.15. The summed E-state index contributed by atoms with van der Waals surface area (Å²) in [6, 6.07) is 8.26. The van der Waals surface area contributed by atoms with Gasteiger partial charge in [0, 0.05) is 10.3 Å². The Hall–Kier alpha value is -2.47. The Morgan fingerprint density at radius 1 is 1.16 bits per heavy atom. The first-order valence-corrected chi connectivity index (χ1v) is 6.64. The maximum Gasteiger partial charge on any atom is 0.222 e. The molecule has 0 aliphatic carbocycles. The zero-order chi connectivity index (χ0) is 12.8. The molecule has 3 N–H and O–H groups in total. The third-order valence-corrected chi connectivity index (χ3v) is 4.02. The molecule has 19 heavy (non-hydrogen) atoms. The van der Waals surface area contributed by atoms with Crippen LogP contribution in [0.4, 0.5) is 5.95 Å². The van der Waals surface area contributed by atoms with Gasteiger partial charge in [-0.1, -0.05) is 18.2 Å². The average Bonchev–Trinajstić information content (AvgIpc) is 3.04. The van der Waals surface area contributed by atoms with E-state index >= 15 is 0 Å². The Bertz CT molecular complexity index is 892. The Labute approximate surface area is 112 Å². The van der Waals surface area contributed by atoms with Crippen LogP contribution in [0.15, 0.2) is 35.8 Å². The summed E-state index contributed by atoms with van der Waals surface area (Å²) in [6.45, 7) is 0. The topological polar surface area (TPSA) is 80.5 Å². The number of benzene rings is 1. The van der Waals surface area contributed by atoms with Crippen molar-refractivity contribution in [2.24, 2.45) is 0 Å². The highest BCUT2D eigenvalue weighted by molar-refractivity contribution is 7.17. The molecule has 0 radical (unpaired) electrons. The maximum atomic E-state index is 5.77. The average molecular weight is 267 g/mol. The van der Waals surface area contributed by atoms with E-state index in [4.69, 9.17) is 5.73 Å². The number of hydrogen-bond acceptors (Lipinski definition) is 5. The summed E-state index contributed by atoms with van der Waals surface area (Å²) >= 11 is 1.69. The lowest BCUT2D eigenvalue weighted by molar-refractivity contribution is 1.09. The lowest BCUT2D eigenvalue weighted by Crippen LogP contribution is -1.97. The van der Waals surface area contributed by atoms with Crippen molar-refractivity contribution in [2.45, 2.75) is 0 Å². The second kappa shape index (κ2) is 3.76. The van der Waals surface area contributed by atoms with Crippen molar-refractivity contribution in [3.05, 3.63) is 35.8 Å². The molecule has 0 bridgehead atoms.